The molecule has 0 saturated heterocycles. The Bertz CT molecular complexity index is 425. The highest BCUT2D eigenvalue weighted by Gasteiger charge is 2.52. The highest BCUT2D eigenvalue weighted by molar-refractivity contribution is 5.11. The maximum absolute atomic E-state index is 10.6. The van der Waals surface area contributed by atoms with Crippen molar-refractivity contribution in [1.29, 1.82) is 0 Å². The summed E-state index contributed by atoms with van der Waals surface area (Å²) in [5.41, 5.74) is 0.548. The quantitative estimate of drug-likeness (QED) is 0.889. The molecule has 0 bridgehead atoms. The second-order valence-corrected chi connectivity index (χ2v) is 6.74. The molecule has 1 N–H and O–H groups in total. The lowest BCUT2D eigenvalue weighted by molar-refractivity contribution is -0.00797. The van der Waals surface area contributed by atoms with Crippen LogP contribution in [0.4, 0.5) is 0 Å². The molecule has 2 aliphatic carbocycles. The van der Waals surface area contributed by atoms with Crippen LogP contribution in [0.5, 0.6) is 0 Å². The Labute approximate surface area is 109 Å². The van der Waals surface area contributed by atoms with Crippen LogP contribution in [-0.2, 0) is 6.42 Å². The first kappa shape index (κ1) is 12.2. The zero-order valence-electron chi connectivity index (χ0n) is 11.5. The van der Waals surface area contributed by atoms with Gasteiger partial charge >= 0.3 is 0 Å². The first-order valence-electron chi connectivity index (χ1n) is 7.27. The molecule has 100 valence electrons. The van der Waals surface area contributed by atoms with Crippen LogP contribution in [0, 0.1) is 5.41 Å². The van der Waals surface area contributed by atoms with Gasteiger partial charge in [-0.2, -0.15) is 5.10 Å². The molecule has 1 unspecified atom stereocenters. The smallest absolute Gasteiger partial charge is 0.0728 e. The monoisotopic (exact) mass is 248 g/mol. The fourth-order valence-corrected chi connectivity index (χ4v) is 3.14. The van der Waals surface area contributed by atoms with Gasteiger partial charge in [-0.3, -0.25) is 4.68 Å². The van der Waals surface area contributed by atoms with Crippen LogP contribution in [0.25, 0.3) is 0 Å². The lowest BCUT2D eigenvalue weighted by Crippen LogP contribution is -2.37. The molecule has 0 amide bonds. The third-order valence-electron chi connectivity index (χ3n) is 5.19. The summed E-state index contributed by atoms with van der Waals surface area (Å²) in [6.45, 7) is 4.15. The van der Waals surface area contributed by atoms with E-state index in [1.807, 2.05) is 6.92 Å². The molecular formula is C15H24N2O. The van der Waals surface area contributed by atoms with Gasteiger partial charge in [0.1, 0.15) is 0 Å². The van der Waals surface area contributed by atoms with Crippen molar-refractivity contribution in [3.05, 3.63) is 18.0 Å². The number of hydrogen-bond acceptors (Lipinski definition) is 2. The van der Waals surface area contributed by atoms with Crippen LogP contribution in [0.1, 0.15) is 64.1 Å². The van der Waals surface area contributed by atoms with E-state index in [-0.39, 0.29) is 5.41 Å². The van der Waals surface area contributed by atoms with Crippen LogP contribution in [0.3, 0.4) is 0 Å². The topological polar surface area (TPSA) is 38.0 Å². The van der Waals surface area contributed by atoms with E-state index in [1.165, 1.54) is 25.7 Å². The van der Waals surface area contributed by atoms with Gasteiger partial charge < -0.3 is 5.11 Å². The molecule has 1 aromatic heterocycles. The van der Waals surface area contributed by atoms with Gasteiger partial charge in [0.15, 0.2) is 0 Å². The molecule has 18 heavy (non-hydrogen) atoms. The molecule has 1 atom stereocenters. The Morgan fingerprint density at radius 2 is 2.11 bits per heavy atom. The zero-order chi connectivity index (χ0) is 12.8. The predicted octanol–water partition coefficient (Wildman–Crippen LogP) is 3.09. The molecule has 2 fully saturated rings. The molecular weight excluding hydrogens is 224 g/mol. The summed E-state index contributed by atoms with van der Waals surface area (Å²) >= 11 is 0. The van der Waals surface area contributed by atoms with E-state index in [1.54, 1.807) is 0 Å². The van der Waals surface area contributed by atoms with Crippen molar-refractivity contribution in [2.24, 2.45) is 5.41 Å². The second-order valence-electron chi connectivity index (χ2n) is 6.74. The van der Waals surface area contributed by atoms with E-state index >= 15 is 0 Å². The van der Waals surface area contributed by atoms with Gasteiger partial charge in [0, 0.05) is 12.6 Å². The molecule has 1 heterocycles. The first-order chi connectivity index (χ1) is 8.50. The average molecular weight is 248 g/mol. The summed E-state index contributed by atoms with van der Waals surface area (Å²) in [6.07, 6.45) is 10.2. The number of rotatable bonds is 4. The summed E-state index contributed by atoms with van der Waals surface area (Å²) in [5.74, 6) is 0. The Morgan fingerprint density at radius 1 is 1.44 bits per heavy atom. The largest absolute Gasteiger partial charge is 0.389 e. The van der Waals surface area contributed by atoms with Crippen molar-refractivity contribution >= 4 is 0 Å². The molecule has 2 aliphatic rings. The van der Waals surface area contributed by atoms with Crippen LogP contribution >= 0.6 is 0 Å². The highest BCUT2D eigenvalue weighted by atomic mass is 16.3. The number of aromatic nitrogens is 2. The summed E-state index contributed by atoms with van der Waals surface area (Å²) in [5, 5.41) is 15.3. The number of aliphatic hydroxyl groups is 1. The minimum atomic E-state index is -0.609. The minimum Gasteiger partial charge on any atom is -0.389 e. The molecule has 3 nitrogen and oxygen atoms in total. The van der Waals surface area contributed by atoms with Gasteiger partial charge in [0.2, 0.25) is 0 Å². The summed E-state index contributed by atoms with van der Waals surface area (Å²) < 4.78 is 2.12. The van der Waals surface area contributed by atoms with Gasteiger partial charge in [-0.25, -0.2) is 0 Å². The van der Waals surface area contributed by atoms with Gasteiger partial charge in [-0.15, -0.1) is 0 Å². The standard InChI is InChI=1S/C15H24N2O/c1-14(8-9-14)15(2,18)11-12-7-10-17(16-12)13-5-3-4-6-13/h7,10,13,18H,3-6,8-9,11H2,1-2H3. The molecule has 0 aliphatic heterocycles. The third kappa shape index (κ3) is 2.09. The molecule has 1 aromatic rings. The van der Waals surface area contributed by atoms with E-state index in [4.69, 9.17) is 0 Å². The molecule has 2 saturated carbocycles. The predicted molar refractivity (Wildman–Crippen MR) is 71.4 cm³/mol. The van der Waals surface area contributed by atoms with Crippen LogP contribution in [0.15, 0.2) is 12.3 Å². The summed E-state index contributed by atoms with van der Waals surface area (Å²) in [6, 6.07) is 2.68. The summed E-state index contributed by atoms with van der Waals surface area (Å²) in [7, 11) is 0. The lowest BCUT2D eigenvalue weighted by Gasteiger charge is -2.29. The van der Waals surface area contributed by atoms with E-state index in [2.05, 4.69) is 29.0 Å². The fraction of sp³-hybridized carbons (Fsp3) is 0.800. The van der Waals surface area contributed by atoms with E-state index in [0.717, 1.165) is 18.5 Å². The lowest BCUT2D eigenvalue weighted by atomic mass is 9.84. The Balaban J connectivity index is 1.70. The summed E-state index contributed by atoms with van der Waals surface area (Å²) in [4.78, 5) is 0. The average Bonchev–Trinajstić information content (AvgIpc) is 2.80. The van der Waals surface area contributed by atoms with E-state index in [0.29, 0.717) is 12.5 Å². The fourth-order valence-electron chi connectivity index (χ4n) is 3.14. The Morgan fingerprint density at radius 3 is 2.72 bits per heavy atom. The van der Waals surface area contributed by atoms with Crippen molar-refractivity contribution < 1.29 is 5.11 Å². The molecule has 3 rings (SSSR count). The minimum absolute atomic E-state index is 0.115. The van der Waals surface area contributed by atoms with Crippen LogP contribution in [-0.4, -0.2) is 20.5 Å². The van der Waals surface area contributed by atoms with Crippen molar-refractivity contribution in [2.45, 2.75) is 70.4 Å². The van der Waals surface area contributed by atoms with Crippen molar-refractivity contribution in [3.8, 4) is 0 Å². The van der Waals surface area contributed by atoms with E-state index < -0.39 is 5.60 Å². The first-order valence-corrected chi connectivity index (χ1v) is 7.27. The maximum Gasteiger partial charge on any atom is 0.0728 e. The van der Waals surface area contributed by atoms with Crippen LogP contribution < -0.4 is 0 Å². The highest BCUT2D eigenvalue weighted by Crippen LogP contribution is 2.54. The van der Waals surface area contributed by atoms with Gasteiger partial charge in [0.25, 0.3) is 0 Å². The Kier molecular flexibility index (Phi) is 2.77. The van der Waals surface area contributed by atoms with Gasteiger partial charge in [-0.1, -0.05) is 19.8 Å². The van der Waals surface area contributed by atoms with Crippen molar-refractivity contribution in [2.75, 3.05) is 0 Å². The molecule has 0 radical (unpaired) electrons. The SMILES string of the molecule is CC(O)(Cc1ccn(C2CCCC2)n1)C1(C)CC1. The molecule has 0 aromatic carbocycles. The van der Waals surface area contributed by atoms with Crippen molar-refractivity contribution in [3.63, 3.8) is 0 Å². The normalized spacial score (nSPS) is 26.2. The third-order valence-corrected chi connectivity index (χ3v) is 5.19. The van der Waals surface area contributed by atoms with Gasteiger partial charge in [-0.05, 0) is 44.1 Å². The molecule has 0 spiro atoms. The van der Waals surface area contributed by atoms with E-state index in [9.17, 15) is 5.11 Å². The zero-order valence-corrected chi connectivity index (χ0v) is 11.5. The molecule has 3 heteroatoms. The van der Waals surface area contributed by atoms with Crippen molar-refractivity contribution in [1.82, 2.24) is 9.78 Å². The number of nitrogens with zero attached hydrogens (tertiary/aromatic N) is 2. The Hall–Kier alpha value is -0.830. The number of hydrogen-bond donors (Lipinski definition) is 1. The maximum atomic E-state index is 10.6. The van der Waals surface area contributed by atoms with Crippen LogP contribution in [0.2, 0.25) is 0 Å². The second kappa shape index (κ2) is 4.09. The van der Waals surface area contributed by atoms with Gasteiger partial charge in [0.05, 0.1) is 17.3 Å².